The van der Waals surface area contributed by atoms with Crippen molar-refractivity contribution < 1.29 is 5.11 Å². The summed E-state index contributed by atoms with van der Waals surface area (Å²) < 4.78 is 1.08. The molecule has 0 atom stereocenters. The van der Waals surface area contributed by atoms with Gasteiger partial charge in [-0.2, -0.15) is 5.26 Å². The van der Waals surface area contributed by atoms with E-state index in [9.17, 15) is 9.90 Å². The third-order valence-corrected chi connectivity index (χ3v) is 2.72. The van der Waals surface area contributed by atoms with Crippen LogP contribution in [-0.2, 0) is 6.54 Å². The van der Waals surface area contributed by atoms with Crippen molar-refractivity contribution in [2.45, 2.75) is 6.54 Å². The zero-order chi connectivity index (χ0) is 13.8. The molecule has 0 spiro atoms. The summed E-state index contributed by atoms with van der Waals surface area (Å²) in [5.41, 5.74) is 5.99. The van der Waals surface area contributed by atoms with Gasteiger partial charge < -0.3 is 10.8 Å². The van der Waals surface area contributed by atoms with Crippen LogP contribution >= 0.6 is 0 Å². The van der Waals surface area contributed by atoms with Gasteiger partial charge in [-0.1, -0.05) is 6.07 Å². The Morgan fingerprint density at radius 2 is 2.32 bits per heavy atom. The lowest BCUT2D eigenvalue weighted by Gasteiger charge is -2.11. The number of pyridine rings is 2. The van der Waals surface area contributed by atoms with Gasteiger partial charge in [0, 0.05) is 42.7 Å². The van der Waals surface area contributed by atoms with Gasteiger partial charge in [-0.25, -0.2) is 0 Å². The molecule has 2 rings (SSSR count). The molecule has 0 aliphatic carbocycles. The minimum Gasteiger partial charge on any atom is -0.493 e. The molecule has 0 aliphatic rings. The van der Waals surface area contributed by atoms with Gasteiger partial charge in [-0.15, -0.1) is 0 Å². The van der Waals surface area contributed by atoms with Crippen molar-refractivity contribution >= 4 is 0 Å². The van der Waals surface area contributed by atoms with E-state index in [1.807, 2.05) is 6.07 Å². The Hall–Kier alpha value is -2.65. The summed E-state index contributed by atoms with van der Waals surface area (Å²) in [5.74, 6) is -0.362. The lowest BCUT2D eigenvalue weighted by Crippen LogP contribution is -2.24. The molecule has 96 valence electrons. The highest BCUT2D eigenvalue weighted by Crippen LogP contribution is 2.26. The minimum absolute atomic E-state index is 0.0426. The van der Waals surface area contributed by atoms with Crippen molar-refractivity contribution in [1.29, 1.82) is 5.26 Å². The maximum Gasteiger partial charge on any atom is 0.254 e. The van der Waals surface area contributed by atoms with Crippen LogP contribution in [0.25, 0.3) is 11.1 Å². The van der Waals surface area contributed by atoms with Crippen molar-refractivity contribution in [2.24, 2.45) is 5.73 Å². The molecule has 19 heavy (non-hydrogen) atoms. The summed E-state index contributed by atoms with van der Waals surface area (Å²) in [6, 6.07) is 6.63. The fourth-order valence-electron chi connectivity index (χ4n) is 1.84. The van der Waals surface area contributed by atoms with E-state index in [1.54, 1.807) is 18.3 Å². The van der Waals surface area contributed by atoms with Crippen molar-refractivity contribution in [3.63, 3.8) is 0 Å². The molecule has 0 saturated heterocycles. The molecule has 0 aliphatic heterocycles. The smallest absolute Gasteiger partial charge is 0.254 e. The van der Waals surface area contributed by atoms with Crippen LogP contribution in [0, 0.1) is 11.3 Å². The van der Waals surface area contributed by atoms with Gasteiger partial charge in [-0.3, -0.25) is 14.3 Å². The summed E-state index contributed by atoms with van der Waals surface area (Å²) in [6.07, 6.45) is 3.12. The Bertz CT molecular complexity index is 686. The van der Waals surface area contributed by atoms with Crippen LogP contribution in [-0.4, -0.2) is 21.2 Å². The number of nitriles is 1. The first kappa shape index (κ1) is 12.8. The first-order valence-electron chi connectivity index (χ1n) is 5.66. The van der Waals surface area contributed by atoms with Gasteiger partial charge in [0.2, 0.25) is 5.88 Å². The summed E-state index contributed by atoms with van der Waals surface area (Å²) in [5, 5.41) is 19.2. The van der Waals surface area contributed by atoms with E-state index in [0.29, 0.717) is 11.1 Å². The monoisotopic (exact) mass is 256 g/mol. The predicted molar refractivity (Wildman–Crippen MR) is 69.4 cm³/mol. The second kappa shape index (κ2) is 5.33. The first-order chi connectivity index (χ1) is 9.19. The number of hydrogen-bond acceptors (Lipinski definition) is 5. The molecular formula is C13H12N4O2. The second-order valence-corrected chi connectivity index (χ2v) is 3.89. The van der Waals surface area contributed by atoms with Crippen molar-refractivity contribution in [3.8, 4) is 23.1 Å². The van der Waals surface area contributed by atoms with Crippen molar-refractivity contribution in [1.82, 2.24) is 9.55 Å². The normalized spacial score (nSPS) is 10.1. The average molecular weight is 256 g/mol. The molecule has 0 amide bonds. The zero-order valence-electron chi connectivity index (χ0n) is 10.1. The number of nitrogens with zero attached hydrogens (tertiary/aromatic N) is 3. The molecular weight excluding hydrogens is 244 g/mol. The highest BCUT2D eigenvalue weighted by Gasteiger charge is 2.15. The molecule has 0 radical (unpaired) electrons. The van der Waals surface area contributed by atoms with E-state index in [1.165, 1.54) is 12.3 Å². The van der Waals surface area contributed by atoms with Gasteiger partial charge in [0.1, 0.15) is 11.6 Å². The lowest BCUT2D eigenvalue weighted by molar-refractivity contribution is 0.406. The highest BCUT2D eigenvalue weighted by molar-refractivity contribution is 5.71. The quantitative estimate of drug-likeness (QED) is 0.829. The number of aromatic hydroxyl groups is 1. The fraction of sp³-hybridized carbons (Fsp3) is 0.154. The van der Waals surface area contributed by atoms with E-state index in [0.717, 1.165) is 4.57 Å². The second-order valence-electron chi connectivity index (χ2n) is 3.89. The SMILES string of the molecule is N#Cc1c(-c2cccnc2)cc(=O)n(CCN)c1O. The van der Waals surface area contributed by atoms with E-state index >= 15 is 0 Å². The summed E-state index contributed by atoms with van der Waals surface area (Å²) in [6.45, 7) is 0.358. The summed E-state index contributed by atoms with van der Waals surface area (Å²) in [4.78, 5) is 15.8. The maximum atomic E-state index is 11.9. The van der Waals surface area contributed by atoms with Crippen LogP contribution in [0.4, 0.5) is 0 Å². The van der Waals surface area contributed by atoms with Crippen LogP contribution in [0.3, 0.4) is 0 Å². The van der Waals surface area contributed by atoms with E-state index in [4.69, 9.17) is 11.0 Å². The van der Waals surface area contributed by atoms with Crippen LogP contribution < -0.4 is 11.3 Å². The molecule has 0 saturated carbocycles. The van der Waals surface area contributed by atoms with Crippen LogP contribution in [0.5, 0.6) is 5.88 Å². The Morgan fingerprint density at radius 1 is 1.53 bits per heavy atom. The molecule has 6 heteroatoms. The van der Waals surface area contributed by atoms with Gasteiger partial charge in [0.25, 0.3) is 5.56 Å². The Labute approximate surface area is 109 Å². The first-order valence-corrected chi connectivity index (χ1v) is 5.66. The van der Waals surface area contributed by atoms with Gasteiger partial charge in [0.15, 0.2) is 0 Å². The Morgan fingerprint density at radius 3 is 2.89 bits per heavy atom. The van der Waals surface area contributed by atoms with E-state index in [2.05, 4.69) is 4.98 Å². The largest absolute Gasteiger partial charge is 0.493 e. The zero-order valence-corrected chi connectivity index (χ0v) is 10.1. The van der Waals surface area contributed by atoms with Crippen LogP contribution in [0.2, 0.25) is 0 Å². The van der Waals surface area contributed by atoms with Crippen molar-refractivity contribution in [3.05, 3.63) is 46.5 Å². The number of aromatic nitrogens is 2. The minimum atomic E-state index is -0.402. The molecule has 2 heterocycles. The third kappa shape index (κ3) is 2.32. The predicted octanol–water partition coefficient (Wildman–Crippen LogP) is 0.446. The van der Waals surface area contributed by atoms with Crippen LogP contribution in [0.1, 0.15) is 5.56 Å². The average Bonchev–Trinajstić information content (AvgIpc) is 2.44. The number of hydrogen-bond donors (Lipinski definition) is 2. The Kier molecular flexibility index (Phi) is 3.59. The van der Waals surface area contributed by atoms with Gasteiger partial charge in [-0.05, 0) is 6.07 Å². The molecule has 0 fully saturated rings. The third-order valence-electron chi connectivity index (χ3n) is 2.72. The molecule has 2 aromatic rings. The highest BCUT2D eigenvalue weighted by atomic mass is 16.3. The van der Waals surface area contributed by atoms with Gasteiger partial charge in [0.05, 0.1) is 0 Å². The molecule has 2 aromatic heterocycles. The number of rotatable bonds is 3. The molecule has 3 N–H and O–H groups in total. The standard InChI is InChI=1S/C13H12N4O2/c14-3-5-17-12(18)6-10(11(7-15)13(17)19)9-2-1-4-16-8-9/h1-2,4,6,8,19H,3,5,14H2. The van der Waals surface area contributed by atoms with Gasteiger partial charge >= 0.3 is 0 Å². The topological polar surface area (TPSA) is 105 Å². The molecule has 0 unspecified atom stereocenters. The summed E-state index contributed by atoms with van der Waals surface area (Å²) >= 11 is 0. The Balaban J connectivity index is 2.71. The van der Waals surface area contributed by atoms with E-state index in [-0.39, 0.29) is 24.5 Å². The molecule has 0 bridgehead atoms. The molecule has 6 nitrogen and oxygen atoms in total. The lowest BCUT2D eigenvalue weighted by atomic mass is 10.0. The summed E-state index contributed by atoms with van der Waals surface area (Å²) in [7, 11) is 0. The molecule has 0 aromatic carbocycles. The number of nitrogens with two attached hydrogens (primary N) is 1. The van der Waals surface area contributed by atoms with Crippen LogP contribution in [0.15, 0.2) is 35.4 Å². The fourth-order valence-corrected chi connectivity index (χ4v) is 1.84. The van der Waals surface area contributed by atoms with Crippen molar-refractivity contribution in [2.75, 3.05) is 6.54 Å². The maximum absolute atomic E-state index is 11.9. The van der Waals surface area contributed by atoms with E-state index < -0.39 is 5.56 Å².